The number of benzene rings is 1. The van der Waals surface area contributed by atoms with Gasteiger partial charge < -0.3 is 19.7 Å². The number of esters is 2. The highest BCUT2D eigenvalue weighted by atomic mass is 16.5. The number of hydrogen-bond donors (Lipinski definition) is 2. The number of aromatic nitrogens is 1. The molecule has 0 aliphatic heterocycles. The van der Waals surface area contributed by atoms with Crippen molar-refractivity contribution in [1.82, 2.24) is 4.57 Å². The maximum absolute atomic E-state index is 12.2. The lowest BCUT2D eigenvalue weighted by Crippen LogP contribution is -2.16. The van der Waals surface area contributed by atoms with Crippen molar-refractivity contribution in [2.24, 2.45) is 0 Å². The third kappa shape index (κ3) is 3.26. The molecule has 130 valence electrons. The fourth-order valence-corrected chi connectivity index (χ4v) is 2.27. The summed E-state index contributed by atoms with van der Waals surface area (Å²) in [7, 11) is 0. The first-order valence-electron chi connectivity index (χ1n) is 7.47. The fourth-order valence-electron chi connectivity index (χ4n) is 2.27. The highest BCUT2D eigenvalue weighted by molar-refractivity contribution is 6.00. The Bertz CT molecular complexity index is 804. The van der Waals surface area contributed by atoms with E-state index in [1.807, 2.05) is 6.07 Å². The van der Waals surface area contributed by atoms with Gasteiger partial charge in [-0.15, -0.1) is 0 Å². The van der Waals surface area contributed by atoms with Crippen molar-refractivity contribution in [3.63, 3.8) is 0 Å². The predicted octanol–water partition coefficient (Wildman–Crippen LogP) is 2.11. The molecule has 0 bridgehead atoms. The molecule has 0 saturated carbocycles. The number of carbonyl (C=O) groups is 2. The largest absolute Gasteiger partial charge is 0.503 e. The van der Waals surface area contributed by atoms with Crippen molar-refractivity contribution in [3.8, 4) is 23.3 Å². The van der Waals surface area contributed by atoms with Gasteiger partial charge in [-0.05, 0) is 38.1 Å². The Morgan fingerprint density at radius 2 is 1.44 bits per heavy atom. The van der Waals surface area contributed by atoms with Gasteiger partial charge in [0.25, 0.3) is 0 Å². The number of aromatic hydroxyl groups is 2. The molecule has 0 fully saturated rings. The van der Waals surface area contributed by atoms with E-state index in [1.54, 1.807) is 13.8 Å². The number of nitrogens with zero attached hydrogens (tertiary/aromatic N) is 2. The molecule has 25 heavy (non-hydrogen) atoms. The standard InChI is InChI=1S/C17H16N2O6/c1-3-24-16(22)12-14(20)15(21)13(17(23)25-4-2)19(12)11-7-5-10(9-18)6-8-11/h5-8,20-21H,3-4H2,1-2H3. The fraction of sp³-hybridized carbons (Fsp3) is 0.235. The Kier molecular flexibility index (Phi) is 5.29. The van der Waals surface area contributed by atoms with E-state index in [0.717, 1.165) is 4.57 Å². The topological polar surface area (TPSA) is 122 Å². The van der Waals surface area contributed by atoms with E-state index < -0.39 is 34.8 Å². The molecule has 0 unspecified atom stereocenters. The molecule has 0 spiro atoms. The smallest absolute Gasteiger partial charge is 0.359 e. The average Bonchev–Trinajstić information content (AvgIpc) is 2.87. The van der Waals surface area contributed by atoms with Gasteiger partial charge in [0, 0.05) is 5.69 Å². The molecule has 2 rings (SSSR count). The van der Waals surface area contributed by atoms with Crippen LogP contribution in [0.2, 0.25) is 0 Å². The first kappa shape index (κ1) is 17.9. The zero-order valence-corrected chi connectivity index (χ0v) is 13.6. The van der Waals surface area contributed by atoms with Gasteiger partial charge in [-0.2, -0.15) is 5.26 Å². The maximum atomic E-state index is 12.2. The second kappa shape index (κ2) is 7.40. The lowest BCUT2D eigenvalue weighted by Gasteiger charge is -2.12. The van der Waals surface area contributed by atoms with Crippen LogP contribution < -0.4 is 0 Å². The van der Waals surface area contributed by atoms with Crippen LogP contribution in [0.1, 0.15) is 40.4 Å². The minimum Gasteiger partial charge on any atom is -0.503 e. The van der Waals surface area contributed by atoms with Gasteiger partial charge in [-0.25, -0.2) is 9.59 Å². The minimum absolute atomic E-state index is 0.0341. The third-order valence-electron chi connectivity index (χ3n) is 3.31. The van der Waals surface area contributed by atoms with Gasteiger partial charge in [0.1, 0.15) is 0 Å². The highest BCUT2D eigenvalue weighted by Crippen LogP contribution is 2.39. The maximum Gasteiger partial charge on any atom is 0.359 e. The molecule has 0 aliphatic carbocycles. The Hall–Kier alpha value is -3.47. The summed E-state index contributed by atoms with van der Waals surface area (Å²) in [6.07, 6.45) is 0. The number of hydrogen-bond acceptors (Lipinski definition) is 7. The van der Waals surface area contributed by atoms with E-state index in [4.69, 9.17) is 14.7 Å². The van der Waals surface area contributed by atoms with Crippen LogP contribution in [0.25, 0.3) is 5.69 Å². The lowest BCUT2D eigenvalue weighted by atomic mass is 10.2. The summed E-state index contributed by atoms with van der Waals surface area (Å²) < 4.78 is 10.8. The Morgan fingerprint density at radius 3 is 1.80 bits per heavy atom. The third-order valence-corrected chi connectivity index (χ3v) is 3.31. The second-order valence-electron chi connectivity index (χ2n) is 4.83. The van der Waals surface area contributed by atoms with Crippen LogP contribution >= 0.6 is 0 Å². The van der Waals surface area contributed by atoms with Crippen LogP contribution in [0.5, 0.6) is 11.5 Å². The van der Waals surface area contributed by atoms with Gasteiger partial charge in [-0.1, -0.05) is 0 Å². The van der Waals surface area contributed by atoms with Gasteiger partial charge in [0.2, 0.25) is 0 Å². The van der Waals surface area contributed by atoms with Crippen molar-refractivity contribution in [1.29, 1.82) is 5.26 Å². The number of nitriles is 1. The van der Waals surface area contributed by atoms with Crippen LogP contribution in [0.3, 0.4) is 0 Å². The number of carbonyl (C=O) groups excluding carboxylic acids is 2. The van der Waals surface area contributed by atoms with E-state index in [2.05, 4.69) is 0 Å². The molecule has 8 heteroatoms. The second-order valence-corrected chi connectivity index (χ2v) is 4.83. The van der Waals surface area contributed by atoms with E-state index in [1.165, 1.54) is 24.3 Å². The number of ether oxygens (including phenoxy) is 2. The SMILES string of the molecule is CCOC(=O)c1c(O)c(O)c(C(=O)OCC)n1-c1ccc(C#N)cc1. The molecule has 1 aromatic carbocycles. The number of rotatable bonds is 5. The molecule has 2 N–H and O–H groups in total. The highest BCUT2D eigenvalue weighted by Gasteiger charge is 2.33. The zero-order chi connectivity index (χ0) is 18.6. The molecule has 2 aromatic rings. The summed E-state index contributed by atoms with van der Waals surface area (Å²) in [6.45, 7) is 3.23. The molecule has 0 saturated heterocycles. The van der Waals surface area contributed by atoms with E-state index in [-0.39, 0.29) is 18.9 Å². The van der Waals surface area contributed by atoms with Crippen LogP contribution in [-0.4, -0.2) is 39.9 Å². The molecule has 0 atom stereocenters. The molecule has 0 amide bonds. The van der Waals surface area contributed by atoms with Crippen molar-refractivity contribution in [3.05, 3.63) is 41.2 Å². The Labute approximate surface area is 143 Å². The first-order valence-corrected chi connectivity index (χ1v) is 7.47. The van der Waals surface area contributed by atoms with Gasteiger partial charge in [0.15, 0.2) is 22.9 Å². The summed E-state index contributed by atoms with van der Waals surface area (Å²) in [5.74, 6) is -3.41. The molecule has 1 heterocycles. The summed E-state index contributed by atoms with van der Waals surface area (Å²) in [4.78, 5) is 24.4. The Balaban J connectivity index is 2.75. The zero-order valence-electron chi connectivity index (χ0n) is 13.6. The monoisotopic (exact) mass is 344 g/mol. The normalized spacial score (nSPS) is 10.1. The van der Waals surface area contributed by atoms with Crippen LogP contribution in [0.15, 0.2) is 24.3 Å². The quantitative estimate of drug-likeness (QED) is 0.797. The van der Waals surface area contributed by atoms with Gasteiger partial charge in [0.05, 0.1) is 24.8 Å². The molecule has 0 radical (unpaired) electrons. The predicted molar refractivity (Wildman–Crippen MR) is 85.7 cm³/mol. The van der Waals surface area contributed by atoms with Crippen molar-refractivity contribution in [2.75, 3.05) is 13.2 Å². The van der Waals surface area contributed by atoms with Gasteiger partial charge >= 0.3 is 11.9 Å². The first-order chi connectivity index (χ1) is 12.0. The van der Waals surface area contributed by atoms with Gasteiger partial charge in [-0.3, -0.25) is 4.57 Å². The van der Waals surface area contributed by atoms with Crippen molar-refractivity contribution >= 4 is 11.9 Å². The van der Waals surface area contributed by atoms with E-state index in [0.29, 0.717) is 5.56 Å². The summed E-state index contributed by atoms with van der Waals surface area (Å²) in [5.41, 5.74) is -0.195. The minimum atomic E-state index is -0.921. The van der Waals surface area contributed by atoms with Crippen molar-refractivity contribution in [2.45, 2.75) is 13.8 Å². The van der Waals surface area contributed by atoms with E-state index >= 15 is 0 Å². The summed E-state index contributed by atoms with van der Waals surface area (Å²) in [5, 5.41) is 29.2. The average molecular weight is 344 g/mol. The lowest BCUT2D eigenvalue weighted by molar-refractivity contribution is 0.0507. The molecular weight excluding hydrogens is 328 g/mol. The van der Waals surface area contributed by atoms with Crippen LogP contribution in [0.4, 0.5) is 0 Å². The molecule has 0 aliphatic rings. The van der Waals surface area contributed by atoms with E-state index in [9.17, 15) is 19.8 Å². The summed E-state index contributed by atoms with van der Waals surface area (Å²) >= 11 is 0. The molecular formula is C17H16N2O6. The Morgan fingerprint density at radius 1 is 1.00 bits per heavy atom. The van der Waals surface area contributed by atoms with Crippen molar-refractivity contribution < 1.29 is 29.3 Å². The van der Waals surface area contributed by atoms with Crippen LogP contribution in [-0.2, 0) is 9.47 Å². The molecule has 8 nitrogen and oxygen atoms in total. The van der Waals surface area contributed by atoms with Crippen LogP contribution in [0, 0.1) is 11.3 Å². The summed E-state index contributed by atoms with van der Waals surface area (Å²) in [6, 6.07) is 7.80. The molecule has 1 aromatic heterocycles.